The van der Waals surface area contributed by atoms with Gasteiger partial charge in [-0.2, -0.15) is 0 Å². The van der Waals surface area contributed by atoms with E-state index in [0.29, 0.717) is 34.4 Å². The van der Waals surface area contributed by atoms with Crippen LogP contribution in [0.15, 0.2) is 60.8 Å². The molecule has 0 atom stereocenters. The first-order valence-corrected chi connectivity index (χ1v) is 8.71. The Morgan fingerprint density at radius 1 is 1.04 bits per heavy atom. The summed E-state index contributed by atoms with van der Waals surface area (Å²) in [4.78, 5) is 16.6. The Bertz CT molecular complexity index is 994. The SMILES string of the molecule is O=C(Nc1ccc2c(c1)OCO2)c1cc(NCc2ccccc2Cl)ccn1. The molecule has 0 bridgehead atoms. The number of pyridine rings is 1. The van der Waals surface area contributed by atoms with Crippen LogP contribution in [-0.4, -0.2) is 17.7 Å². The zero-order chi connectivity index (χ0) is 18.6. The van der Waals surface area contributed by atoms with E-state index in [1.165, 1.54) is 0 Å². The molecule has 0 saturated carbocycles. The third-order valence-electron chi connectivity index (χ3n) is 4.06. The number of carbonyl (C=O) groups is 1. The van der Waals surface area contributed by atoms with E-state index in [4.69, 9.17) is 21.1 Å². The number of aromatic nitrogens is 1. The van der Waals surface area contributed by atoms with E-state index in [-0.39, 0.29) is 12.7 Å². The van der Waals surface area contributed by atoms with Crippen molar-refractivity contribution in [3.05, 3.63) is 77.1 Å². The van der Waals surface area contributed by atoms with Crippen molar-refractivity contribution in [1.29, 1.82) is 0 Å². The van der Waals surface area contributed by atoms with Crippen LogP contribution in [0.1, 0.15) is 16.1 Å². The molecule has 2 aromatic carbocycles. The Balaban J connectivity index is 1.44. The van der Waals surface area contributed by atoms with Crippen LogP contribution in [-0.2, 0) is 6.54 Å². The first kappa shape index (κ1) is 17.2. The summed E-state index contributed by atoms with van der Waals surface area (Å²) >= 11 is 6.17. The maximum atomic E-state index is 12.5. The van der Waals surface area contributed by atoms with Gasteiger partial charge in [0.25, 0.3) is 5.91 Å². The number of fused-ring (bicyclic) bond motifs is 1. The summed E-state index contributed by atoms with van der Waals surface area (Å²) in [7, 11) is 0. The number of ether oxygens (including phenoxy) is 2. The molecule has 1 aromatic heterocycles. The minimum Gasteiger partial charge on any atom is -0.454 e. The summed E-state index contributed by atoms with van der Waals surface area (Å²) < 4.78 is 10.6. The number of halogens is 1. The van der Waals surface area contributed by atoms with Gasteiger partial charge in [-0.15, -0.1) is 0 Å². The molecule has 1 aliphatic heterocycles. The fourth-order valence-electron chi connectivity index (χ4n) is 2.67. The van der Waals surface area contributed by atoms with Gasteiger partial charge < -0.3 is 20.1 Å². The topological polar surface area (TPSA) is 72.5 Å². The number of nitrogens with one attached hydrogen (secondary N) is 2. The molecular weight excluding hydrogens is 366 g/mol. The van der Waals surface area contributed by atoms with Crippen LogP contribution in [0, 0.1) is 0 Å². The second-order valence-electron chi connectivity index (χ2n) is 5.90. The molecule has 0 saturated heterocycles. The first-order chi connectivity index (χ1) is 13.2. The third-order valence-corrected chi connectivity index (χ3v) is 4.43. The molecule has 3 aromatic rings. The lowest BCUT2D eigenvalue weighted by Crippen LogP contribution is -2.14. The quantitative estimate of drug-likeness (QED) is 0.688. The Hall–Kier alpha value is -3.25. The normalized spacial score (nSPS) is 11.9. The molecule has 1 aliphatic rings. The van der Waals surface area contributed by atoms with Gasteiger partial charge in [-0.3, -0.25) is 9.78 Å². The number of rotatable bonds is 5. The van der Waals surface area contributed by atoms with Gasteiger partial charge in [-0.1, -0.05) is 29.8 Å². The Morgan fingerprint density at radius 2 is 1.89 bits per heavy atom. The van der Waals surface area contributed by atoms with Crippen molar-refractivity contribution in [2.24, 2.45) is 0 Å². The minimum atomic E-state index is -0.310. The fraction of sp³-hybridized carbons (Fsp3) is 0.100. The molecule has 0 aliphatic carbocycles. The number of carbonyl (C=O) groups excluding carboxylic acids is 1. The van der Waals surface area contributed by atoms with Gasteiger partial charge in [0.05, 0.1) is 0 Å². The summed E-state index contributed by atoms with van der Waals surface area (Å²) in [6, 6.07) is 16.3. The fourth-order valence-corrected chi connectivity index (χ4v) is 2.88. The van der Waals surface area contributed by atoms with E-state index >= 15 is 0 Å². The van der Waals surface area contributed by atoms with Crippen LogP contribution in [0.3, 0.4) is 0 Å². The van der Waals surface area contributed by atoms with E-state index in [1.54, 1.807) is 36.5 Å². The van der Waals surface area contributed by atoms with E-state index in [9.17, 15) is 4.79 Å². The molecule has 0 fully saturated rings. The molecule has 2 heterocycles. The predicted molar refractivity (Wildman–Crippen MR) is 104 cm³/mol. The minimum absolute atomic E-state index is 0.188. The maximum Gasteiger partial charge on any atom is 0.274 e. The molecule has 4 rings (SSSR count). The van der Waals surface area contributed by atoms with Crippen molar-refractivity contribution < 1.29 is 14.3 Å². The van der Waals surface area contributed by atoms with Crippen molar-refractivity contribution in [2.45, 2.75) is 6.54 Å². The number of benzene rings is 2. The van der Waals surface area contributed by atoms with Crippen molar-refractivity contribution in [2.75, 3.05) is 17.4 Å². The molecule has 0 unspecified atom stereocenters. The Labute approximate surface area is 161 Å². The molecule has 0 spiro atoms. The molecule has 1 amide bonds. The van der Waals surface area contributed by atoms with E-state index in [0.717, 1.165) is 11.3 Å². The zero-order valence-electron chi connectivity index (χ0n) is 14.2. The summed E-state index contributed by atoms with van der Waals surface area (Å²) in [5, 5.41) is 6.76. The van der Waals surface area contributed by atoms with Crippen molar-refractivity contribution >= 4 is 28.9 Å². The van der Waals surface area contributed by atoms with Crippen molar-refractivity contribution in [3.63, 3.8) is 0 Å². The second kappa shape index (κ2) is 7.55. The van der Waals surface area contributed by atoms with E-state index < -0.39 is 0 Å². The molecule has 7 heteroatoms. The van der Waals surface area contributed by atoms with Crippen LogP contribution in [0.5, 0.6) is 11.5 Å². The summed E-state index contributed by atoms with van der Waals surface area (Å²) in [5.41, 5.74) is 2.67. The average Bonchev–Trinajstić information content (AvgIpc) is 3.15. The van der Waals surface area contributed by atoms with Crippen LogP contribution in [0.2, 0.25) is 5.02 Å². The van der Waals surface area contributed by atoms with Crippen molar-refractivity contribution in [3.8, 4) is 11.5 Å². The third kappa shape index (κ3) is 3.96. The molecule has 0 radical (unpaired) electrons. The highest BCUT2D eigenvalue weighted by Crippen LogP contribution is 2.34. The number of amides is 1. The largest absolute Gasteiger partial charge is 0.454 e. The molecule has 2 N–H and O–H groups in total. The van der Waals surface area contributed by atoms with Gasteiger partial charge in [0.1, 0.15) is 5.69 Å². The standard InChI is InChI=1S/C20H16ClN3O3/c21-16-4-2-1-3-13(16)11-23-14-7-8-22-17(9-14)20(25)24-15-5-6-18-19(10-15)27-12-26-18/h1-10H,11-12H2,(H,22,23)(H,24,25). The molecule has 27 heavy (non-hydrogen) atoms. The van der Waals surface area contributed by atoms with Crippen LogP contribution in [0.4, 0.5) is 11.4 Å². The smallest absolute Gasteiger partial charge is 0.274 e. The number of nitrogens with zero attached hydrogens (tertiary/aromatic N) is 1. The Morgan fingerprint density at radius 3 is 2.78 bits per heavy atom. The van der Waals surface area contributed by atoms with Gasteiger partial charge in [0.15, 0.2) is 11.5 Å². The number of anilines is 2. The monoisotopic (exact) mass is 381 g/mol. The highest BCUT2D eigenvalue weighted by atomic mass is 35.5. The van der Waals surface area contributed by atoms with Gasteiger partial charge in [-0.25, -0.2) is 0 Å². The lowest BCUT2D eigenvalue weighted by molar-refractivity contribution is 0.102. The van der Waals surface area contributed by atoms with Crippen LogP contribution < -0.4 is 20.1 Å². The number of hydrogen-bond donors (Lipinski definition) is 2. The molecule has 6 nitrogen and oxygen atoms in total. The van der Waals surface area contributed by atoms with Crippen LogP contribution >= 0.6 is 11.6 Å². The van der Waals surface area contributed by atoms with Gasteiger partial charge in [-0.05, 0) is 35.9 Å². The van der Waals surface area contributed by atoms with Crippen molar-refractivity contribution in [1.82, 2.24) is 4.98 Å². The zero-order valence-corrected chi connectivity index (χ0v) is 15.0. The highest BCUT2D eigenvalue weighted by molar-refractivity contribution is 6.31. The van der Waals surface area contributed by atoms with Gasteiger partial charge in [0, 0.05) is 35.2 Å². The summed E-state index contributed by atoms with van der Waals surface area (Å²) in [6.07, 6.45) is 1.59. The maximum absolute atomic E-state index is 12.5. The number of hydrogen-bond acceptors (Lipinski definition) is 5. The average molecular weight is 382 g/mol. The van der Waals surface area contributed by atoms with Gasteiger partial charge >= 0.3 is 0 Å². The molecule has 136 valence electrons. The second-order valence-corrected chi connectivity index (χ2v) is 6.30. The lowest BCUT2D eigenvalue weighted by atomic mass is 10.2. The van der Waals surface area contributed by atoms with E-state index in [2.05, 4.69) is 15.6 Å². The summed E-state index contributed by atoms with van der Waals surface area (Å²) in [5.74, 6) is 0.961. The van der Waals surface area contributed by atoms with Crippen LogP contribution in [0.25, 0.3) is 0 Å². The summed E-state index contributed by atoms with van der Waals surface area (Å²) in [6.45, 7) is 0.736. The lowest BCUT2D eigenvalue weighted by Gasteiger charge is -2.10. The Kier molecular flexibility index (Phi) is 4.80. The van der Waals surface area contributed by atoms with Gasteiger partial charge in [0.2, 0.25) is 6.79 Å². The van der Waals surface area contributed by atoms with E-state index in [1.807, 2.05) is 24.3 Å². The first-order valence-electron chi connectivity index (χ1n) is 8.33. The highest BCUT2D eigenvalue weighted by Gasteiger charge is 2.15. The predicted octanol–water partition coefficient (Wildman–Crippen LogP) is 4.33. The molecular formula is C20H16ClN3O3.